The van der Waals surface area contributed by atoms with Gasteiger partial charge in [0.2, 0.25) is 0 Å². The summed E-state index contributed by atoms with van der Waals surface area (Å²) in [6, 6.07) is 2.68. The molecule has 1 aromatic rings. The van der Waals surface area contributed by atoms with Crippen LogP contribution >= 0.6 is 0 Å². The number of anilines is 2. The molecule has 2 saturated heterocycles. The molecule has 126 valence electrons. The highest BCUT2D eigenvalue weighted by Gasteiger charge is 2.27. The van der Waals surface area contributed by atoms with E-state index in [4.69, 9.17) is 4.74 Å². The summed E-state index contributed by atoms with van der Waals surface area (Å²) in [7, 11) is 2.02. The zero-order valence-electron chi connectivity index (χ0n) is 13.2. The number of likely N-dealkylation sites (N-methyl/N-ethyl adjacent to an activating group) is 1. The molecule has 23 heavy (non-hydrogen) atoms. The summed E-state index contributed by atoms with van der Waals surface area (Å²) in [5, 5.41) is 11.3. The maximum absolute atomic E-state index is 14.4. The van der Waals surface area contributed by atoms with E-state index in [2.05, 4.69) is 4.90 Å². The lowest BCUT2D eigenvalue weighted by molar-refractivity contribution is -0.384. The number of ether oxygens (including phenoxy) is 1. The number of nitro groups is 1. The van der Waals surface area contributed by atoms with E-state index in [1.54, 1.807) is 6.07 Å². The number of piperazine rings is 1. The van der Waals surface area contributed by atoms with Crippen LogP contribution in [0.5, 0.6) is 0 Å². The highest BCUT2D eigenvalue weighted by atomic mass is 19.1. The fourth-order valence-corrected chi connectivity index (χ4v) is 3.03. The Morgan fingerprint density at radius 3 is 2.26 bits per heavy atom. The Labute approximate surface area is 134 Å². The summed E-state index contributed by atoms with van der Waals surface area (Å²) < 4.78 is 19.7. The van der Waals surface area contributed by atoms with Gasteiger partial charge in [0.05, 0.1) is 29.9 Å². The predicted octanol–water partition coefficient (Wildman–Crippen LogP) is 1.32. The van der Waals surface area contributed by atoms with Crippen LogP contribution in [0.2, 0.25) is 0 Å². The summed E-state index contributed by atoms with van der Waals surface area (Å²) in [5.41, 5.74) is 0.767. The van der Waals surface area contributed by atoms with E-state index < -0.39 is 10.7 Å². The SMILES string of the molecule is CN1CCN(c2cc(N3CCOCC3)c(F)cc2[N+](=O)[O-])CC1. The van der Waals surface area contributed by atoms with Crippen LogP contribution in [0.25, 0.3) is 0 Å². The third-order valence-corrected chi connectivity index (χ3v) is 4.44. The molecule has 3 rings (SSSR count). The molecule has 7 nitrogen and oxygen atoms in total. The second-order valence-electron chi connectivity index (χ2n) is 5.94. The lowest BCUT2D eigenvalue weighted by Crippen LogP contribution is -2.45. The van der Waals surface area contributed by atoms with E-state index in [-0.39, 0.29) is 5.69 Å². The first-order valence-corrected chi connectivity index (χ1v) is 7.80. The molecular weight excluding hydrogens is 303 g/mol. The number of nitrogens with zero attached hydrogens (tertiary/aromatic N) is 4. The molecular formula is C15H21FN4O3. The Bertz CT molecular complexity index is 584. The first kappa shape index (κ1) is 15.9. The lowest BCUT2D eigenvalue weighted by Gasteiger charge is -2.35. The zero-order valence-corrected chi connectivity index (χ0v) is 13.2. The van der Waals surface area contributed by atoms with Crippen molar-refractivity contribution in [3.05, 3.63) is 28.1 Å². The summed E-state index contributed by atoms with van der Waals surface area (Å²) >= 11 is 0. The van der Waals surface area contributed by atoms with Gasteiger partial charge in [0.1, 0.15) is 5.69 Å². The minimum absolute atomic E-state index is 0.163. The largest absolute Gasteiger partial charge is 0.378 e. The molecule has 0 amide bonds. The Hall–Kier alpha value is -1.93. The number of hydrogen-bond acceptors (Lipinski definition) is 6. The van der Waals surface area contributed by atoms with E-state index in [0.29, 0.717) is 50.8 Å². The molecule has 2 aliphatic rings. The minimum Gasteiger partial charge on any atom is -0.378 e. The number of halogens is 1. The van der Waals surface area contributed by atoms with Crippen molar-refractivity contribution < 1.29 is 14.1 Å². The summed E-state index contributed by atoms with van der Waals surface area (Å²) in [5.74, 6) is -0.545. The van der Waals surface area contributed by atoms with Gasteiger partial charge in [-0.25, -0.2) is 4.39 Å². The van der Waals surface area contributed by atoms with Gasteiger partial charge >= 0.3 is 0 Å². The fraction of sp³-hybridized carbons (Fsp3) is 0.600. The van der Waals surface area contributed by atoms with Crippen LogP contribution in [-0.4, -0.2) is 69.4 Å². The molecule has 0 radical (unpaired) electrons. The van der Waals surface area contributed by atoms with Crippen molar-refractivity contribution in [2.75, 3.05) is 69.3 Å². The topological polar surface area (TPSA) is 62.1 Å². The van der Waals surface area contributed by atoms with E-state index in [0.717, 1.165) is 19.2 Å². The number of hydrogen-bond donors (Lipinski definition) is 0. The van der Waals surface area contributed by atoms with Gasteiger partial charge in [0, 0.05) is 39.3 Å². The molecule has 0 aliphatic carbocycles. The number of rotatable bonds is 3. The van der Waals surface area contributed by atoms with Crippen LogP contribution in [0, 0.1) is 15.9 Å². The smallest absolute Gasteiger partial charge is 0.295 e. The van der Waals surface area contributed by atoms with Crippen LogP contribution in [0.3, 0.4) is 0 Å². The van der Waals surface area contributed by atoms with Crippen molar-refractivity contribution in [1.82, 2.24) is 4.90 Å². The van der Waals surface area contributed by atoms with Crippen LogP contribution < -0.4 is 9.80 Å². The van der Waals surface area contributed by atoms with Gasteiger partial charge in [-0.3, -0.25) is 10.1 Å². The Balaban J connectivity index is 1.96. The van der Waals surface area contributed by atoms with Crippen LogP contribution in [0.4, 0.5) is 21.5 Å². The number of morpholine rings is 1. The van der Waals surface area contributed by atoms with Crippen molar-refractivity contribution in [3.63, 3.8) is 0 Å². The van der Waals surface area contributed by atoms with E-state index in [1.807, 2.05) is 16.8 Å². The Morgan fingerprint density at radius 2 is 1.65 bits per heavy atom. The third-order valence-electron chi connectivity index (χ3n) is 4.44. The molecule has 0 aromatic heterocycles. The van der Waals surface area contributed by atoms with Crippen LogP contribution in [0.1, 0.15) is 0 Å². The Morgan fingerprint density at radius 1 is 1.04 bits per heavy atom. The standard InChI is InChI=1S/C15H21FN4O3/c1-17-2-4-18(5-3-17)14-11-13(19-6-8-23-9-7-19)12(16)10-15(14)20(21)22/h10-11H,2-9H2,1H3. The molecule has 2 heterocycles. The fourth-order valence-electron chi connectivity index (χ4n) is 3.03. The van der Waals surface area contributed by atoms with Crippen molar-refractivity contribution in [1.29, 1.82) is 0 Å². The summed E-state index contributed by atoms with van der Waals surface area (Å²) in [6.07, 6.45) is 0. The van der Waals surface area contributed by atoms with E-state index in [1.165, 1.54) is 0 Å². The van der Waals surface area contributed by atoms with E-state index in [9.17, 15) is 14.5 Å². The van der Waals surface area contributed by atoms with Gasteiger partial charge < -0.3 is 19.4 Å². The molecule has 0 bridgehead atoms. The summed E-state index contributed by atoms with van der Waals surface area (Å²) in [4.78, 5) is 16.9. The zero-order chi connectivity index (χ0) is 16.4. The normalized spacial score (nSPS) is 19.9. The van der Waals surface area contributed by atoms with Gasteiger partial charge in [0.25, 0.3) is 5.69 Å². The van der Waals surface area contributed by atoms with Crippen molar-refractivity contribution in [2.24, 2.45) is 0 Å². The highest BCUT2D eigenvalue weighted by Crippen LogP contribution is 2.35. The molecule has 2 fully saturated rings. The first-order valence-electron chi connectivity index (χ1n) is 7.80. The van der Waals surface area contributed by atoms with Crippen molar-refractivity contribution in [2.45, 2.75) is 0 Å². The average Bonchev–Trinajstić information content (AvgIpc) is 2.56. The molecule has 0 atom stereocenters. The average molecular weight is 324 g/mol. The van der Waals surface area contributed by atoms with Crippen LogP contribution in [-0.2, 0) is 4.74 Å². The van der Waals surface area contributed by atoms with Crippen molar-refractivity contribution >= 4 is 17.1 Å². The van der Waals surface area contributed by atoms with Gasteiger partial charge in [-0.05, 0) is 13.1 Å². The predicted molar refractivity (Wildman–Crippen MR) is 85.8 cm³/mol. The Kier molecular flexibility index (Phi) is 4.63. The second kappa shape index (κ2) is 6.67. The van der Waals surface area contributed by atoms with E-state index >= 15 is 0 Å². The minimum atomic E-state index is -0.545. The van der Waals surface area contributed by atoms with Gasteiger partial charge in [-0.15, -0.1) is 0 Å². The number of benzene rings is 1. The lowest BCUT2D eigenvalue weighted by atomic mass is 10.1. The molecule has 1 aromatic carbocycles. The van der Waals surface area contributed by atoms with Gasteiger partial charge in [-0.2, -0.15) is 0 Å². The maximum Gasteiger partial charge on any atom is 0.295 e. The molecule has 2 aliphatic heterocycles. The maximum atomic E-state index is 14.4. The molecule has 0 saturated carbocycles. The molecule has 8 heteroatoms. The quantitative estimate of drug-likeness (QED) is 0.617. The van der Waals surface area contributed by atoms with Gasteiger partial charge in [0.15, 0.2) is 5.82 Å². The monoisotopic (exact) mass is 324 g/mol. The summed E-state index contributed by atoms with van der Waals surface area (Å²) in [6.45, 7) is 5.34. The van der Waals surface area contributed by atoms with Crippen molar-refractivity contribution in [3.8, 4) is 0 Å². The van der Waals surface area contributed by atoms with Crippen LogP contribution in [0.15, 0.2) is 12.1 Å². The van der Waals surface area contributed by atoms with Gasteiger partial charge in [-0.1, -0.05) is 0 Å². The first-order chi connectivity index (χ1) is 11.1. The molecule has 0 unspecified atom stereocenters. The third kappa shape index (κ3) is 3.37. The molecule has 0 spiro atoms. The molecule has 0 N–H and O–H groups in total. The second-order valence-corrected chi connectivity index (χ2v) is 5.94. The number of nitro benzene ring substituents is 1. The highest BCUT2D eigenvalue weighted by molar-refractivity contribution is 5.71.